The topological polar surface area (TPSA) is 36.3 Å². The third-order valence-electron chi connectivity index (χ3n) is 2.51. The molecule has 80 valence electrons. The average molecular weight is 261 g/mol. The summed E-state index contributed by atoms with van der Waals surface area (Å²) in [5.74, 6) is 0.475. The first-order valence-corrected chi connectivity index (χ1v) is 5.94. The lowest BCUT2D eigenvalue weighted by molar-refractivity contribution is 0.0251. The van der Waals surface area contributed by atoms with E-state index in [1.54, 1.807) is 0 Å². The van der Waals surface area contributed by atoms with Crippen LogP contribution in [0.3, 0.4) is 0 Å². The van der Waals surface area contributed by atoms with Crippen LogP contribution in [0.2, 0.25) is 0 Å². The summed E-state index contributed by atoms with van der Waals surface area (Å²) in [6, 6.07) is 2.35. The van der Waals surface area contributed by atoms with Crippen molar-refractivity contribution in [2.24, 2.45) is 5.92 Å². The number of ether oxygens (including phenoxy) is 1. The van der Waals surface area contributed by atoms with E-state index in [0.717, 1.165) is 26.3 Å². The SMILES string of the molecule is CC(C)C(Br)C(C#N)N1CCOCC1. The highest BCUT2D eigenvalue weighted by Gasteiger charge is 2.28. The number of halogens is 1. The van der Waals surface area contributed by atoms with Gasteiger partial charge in [0.25, 0.3) is 0 Å². The van der Waals surface area contributed by atoms with Crippen LogP contribution in [-0.4, -0.2) is 42.1 Å². The lowest BCUT2D eigenvalue weighted by atomic mass is 10.0. The van der Waals surface area contributed by atoms with Crippen LogP contribution >= 0.6 is 15.9 Å². The molecule has 1 saturated heterocycles. The Morgan fingerprint density at radius 3 is 2.36 bits per heavy atom. The average Bonchev–Trinajstić information content (AvgIpc) is 2.20. The van der Waals surface area contributed by atoms with Gasteiger partial charge in [-0.2, -0.15) is 5.26 Å². The van der Waals surface area contributed by atoms with Gasteiger partial charge in [-0.05, 0) is 5.92 Å². The molecule has 0 saturated carbocycles. The molecular formula is C10H17BrN2O. The first-order chi connectivity index (χ1) is 6.66. The minimum absolute atomic E-state index is 0.0288. The molecule has 3 nitrogen and oxygen atoms in total. The second-order valence-corrected chi connectivity index (χ2v) is 4.97. The zero-order valence-corrected chi connectivity index (χ0v) is 10.3. The van der Waals surface area contributed by atoms with Crippen molar-refractivity contribution >= 4 is 15.9 Å². The van der Waals surface area contributed by atoms with Crippen LogP contribution in [0.15, 0.2) is 0 Å². The predicted molar refractivity (Wildman–Crippen MR) is 59.3 cm³/mol. The van der Waals surface area contributed by atoms with Gasteiger partial charge < -0.3 is 4.74 Å². The maximum Gasteiger partial charge on any atom is 0.111 e. The van der Waals surface area contributed by atoms with Crippen LogP contribution in [0.1, 0.15) is 13.8 Å². The van der Waals surface area contributed by atoms with Gasteiger partial charge in [-0.15, -0.1) is 0 Å². The minimum Gasteiger partial charge on any atom is -0.379 e. The van der Waals surface area contributed by atoms with Crippen molar-refractivity contribution in [1.29, 1.82) is 5.26 Å². The minimum atomic E-state index is -0.0288. The summed E-state index contributed by atoms with van der Waals surface area (Å²) >= 11 is 3.60. The quantitative estimate of drug-likeness (QED) is 0.724. The van der Waals surface area contributed by atoms with Crippen LogP contribution in [-0.2, 0) is 4.74 Å². The van der Waals surface area contributed by atoms with Gasteiger partial charge in [0.2, 0.25) is 0 Å². The van der Waals surface area contributed by atoms with E-state index >= 15 is 0 Å². The maximum absolute atomic E-state index is 9.14. The van der Waals surface area contributed by atoms with E-state index in [1.165, 1.54) is 0 Å². The van der Waals surface area contributed by atoms with Crippen molar-refractivity contribution in [3.05, 3.63) is 0 Å². The third-order valence-corrected chi connectivity index (χ3v) is 4.07. The molecule has 1 rings (SSSR count). The van der Waals surface area contributed by atoms with Crippen LogP contribution in [0.4, 0.5) is 0 Å². The van der Waals surface area contributed by atoms with Gasteiger partial charge in [0.15, 0.2) is 0 Å². The molecule has 0 N–H and O–H groups in total. The number of morpholine rings is 1. The summed E-state index contributed by atoms with van der Waals surface area (Å²) in [5.41, 5.74) is 0. The van der Waals surface area contributed by atoms with E-state index in [4.69, 9.17) is 10.00 Å². The second-order valence-electron chi connectivity index (χ2n) is 3.91. The Balaban J connectivity index is 2.56. The molecule has 0 aromatic rings. The molecule has 0 aromatic carbocycles. The van der Waals surface area contributed by atoms with Gasteiger partial charge in [0, 0.05) is 17.9 Å². The summed E-state index contributed by atoms with van der Waals surface area (Å²) in [4.78, 5) is 2.44. The fraction of sp³-hybridized carbons (Fsp3) is 0.900. The maximum atomic E-state index is 9.14. The first kappa shape index (κ1) is 12.0. The lowest BCUT2D eigenvalue weighted by Crippen LogP contribution is -2.47. The Morgan fingerprint density at radius 1 is 1.36 bits per heavy atom. The smallest absolute Gasteiger partial charge is 0.111 e. The predicted octanol–water partition coefficient (Wildman–Crippen LogP) is 1.63. The fourth-order valence-electron chi connectivity index (χ4n) is 1.57. The lowest BCUT2D eigenvalue weighted by Gasteiger charge is -2.34. The zero-order valence-electron chi connectivity index (χ0n) is 8.74. The van der Waals surface area contributed by atoms with E-state index in [9.17, 15) is 0 Å². The Labute approximate surface area is 94.2 Å². The molecule has 0 aromatic heterocycles. The Kier molecular flexibility index (Phi) is 4.86. The van der Waals surface area contributed by atoms with Crippen LogP contribution in [0, 0.1) is 17.2 Å². The molecule has 1 aliphatic heterocycles. The van der Waals surface area contributed by atoms with E-state index in [-0.39, 0.29) is 10.9 Å². The standard InChI is InChI=1S/C10H17BrN2O/c1-8(2)10(11)9(7-12)13-3-5-14-6-4-13/h8-10H,3-6H2,1-2H3. The van der Waals surface area contributed by atoms with E-state index in [1.807, 2.05) is 0 Å². The number of nitrogens with zero attached hydrogens (tertiary/aromatic N) is 2. The van der Waals surface area contributed by atoms with Crippen LogP contribution < -0.4 is 0 Å². The number of hydrogen-bond donors (Lipinski definition) is 0. The van der Waals surface area contributed by atoms with E-state index in [0.29, 0.717) is 5.92 Å². The summed E-state index contributed by atoms with van der Waals surface area (Å²) < 4.78 is 5.27. The van der Waals surface area contributed by atoms with Gasteiger partial charge >= 0.3 is 0 Å². The van der Waals surface area contributed by atoms with Crippen molar-refractivity contribution in [3.8, 4) is 6.07 Å². The van der Waals surface area contributed by atoms with E-state index < -0.39 is 0 Å². The van der Waals surface area contributed by atoms with Crippen molar-refractivity contribution in [2.75, 3.05) is 26.3 Å². The van der Waals surface area contributed by atoms with Gasteiger partial charge in [-0.1, -0.05) is 29.8 Å². The Morgan fingerprint density at radius 2 is 1.93 bits per heavy atom. The largest absolute Gasteiger partial charge is 0.379 e. The molecule has 1 aliphatic rings. The summed E-state index contributed by atoms with van der Waals surface area (Å²) in [7, 11) is 0. The van der Waals surface area contributed by atoms with E-state index in [2.05, 4.69) is 40.7 Å². The Bertz CT molecular complexity index is 209. The third kappa shape index (κ3) is 2.94. The molecule has 2 atom stereocenters. The second kappa shape index (κ2) is 5.69. The number of nitriles is 1. The van der Waals surface area contributed by atoms with Crippen LogP contribution in [0.5, 0.6) is 0 Å². The number of rotatable bonds is 3. The monoisotopic (exact) mass is 260 g/mol. The van der Waals surface area contributed by atoms with Gasteiger partial charge in [-0.25, -0.2) is 0 Å². The molecule has 1 heterocycles. The highest BCUT2D eigenvalue weighted by molar-refractivity contribution is 9.09. The van der Waals surface area contributed by atoms with Crippen molar-refractivity contribution in [1.82, 2.24) is 4.90 Å². The molecule has 0 aliphatic carbocycles. The van der Waals surface area contributed by atoms with Gasteiger partial charge in [0.1, 0.15) is 6.04 Å². The first-order valence-electron chi connectivity index (χ1n) is 5.02. The molecule has 14 heavy (non-hydrogen) atoms. The molecule has 4 heteroatoms. The molecule has 0 radical (unpaired) electrons. The summed E-state index contributed by atoms with van der Waals surface area (Å²) in [5, 5.41) is 9.14. The van der Waals surface area contributed by atoms with Gasteiger partial charge in [0.05, 0.1) is 19.3 Å². The highest BCUT2D eigenvalue weighted by Crippen LogP contribution is 2.21. The molecule has 0 bridgehead atoms. The van der Waals surface area contributed by atoms with Gasteiger partial charge in [-0.3, -0.25) is 4.90 Å². The number of hydrogen-bond acceptors (Lipinski definition) is 3. The van der Waals surface area contributed by atoms with Crippen molar-refractivity contribution < 1.29 is 4.74 Å². The molecule has 0 amide bonds. The fourth-order valence-corrected chi connectivity index (χ4v) is 2.03. The van der Waals surface area contributed by atoms with Crippen molar-refractivity contribution in [2.45, 2.75) is 24.7 Å². The highest BCUT2D eigenvalue weighted by atomic mass is 79.9. The molecule has 2 unspecified atom stereocenters. The van der Waals surface area contributed by atoms with Crippen LogP contribution in [0.25, 0.3) is 0 Å². The molecular weight excluding hydrogens is 244 g/mol. The van der Waals surface area contributed by atoms with Crippen molar-refractivity contribution in [3.63, 3.8) is 0 Å². The summed E-state index contributed by atoms with van der Waals surface area (Å²) in [6.45, 7) is 7.49. The number of alkyl halides is 1. The Hall–Kier alpha value is -0.110. The normalized spacial score (nSPS) is 23.1. The zero-order chi connectivity index (χ0) is 10.6. The summed E-state index contributed by atoms with van der Waals surface area (Å²) in [6.07, 6.45) is 0. The molecule has 1 fully saturated rings. The molecule has 0 spiro atoms.